The molecule has 3 aromatic rings. The second kappa shape index (κ2) is 14.6. The number of aromatic nitrogens is 3. The van der Waals surface area contributed by atoms with Crippen LogP contribution in [0.2, 0.25) is 0 Å². The van der Waals surface area contributed by atoms with E-state index in [0.717, 1.165) is 31.5 Å². The van der Waals surface area contributed by atoms with E-state index in [4.69, 9.17) is 4.74 Å². The number of ether oxygens (including phenoxy) is 1. The van der Waals surface area contributed by atoms with Crippen molar-refractivity contribution < 1.29 is 31.5 Å². The molecule has 4 heterocycles. The zero-order valence-electron chi connectivity index (χ0n) is 26.0. The number of likely N-dealkylation sites (tertiary alicyclic amines) is 1. The Labute approximate surface area is 268 Å². The molecule has 2 atom stereocenters. The topological polar surface area (TPSA) is 86.7 Å². The van der Waals surface area contributed by atoms with Gasteiger partial charge in [0.05, 0.1) is 24.3 Å². The maximum Gasteiger partial charge on any atom is 0.416 e. The molecule has 2 aliphatic rings. The third-order valence-electron chi connectivity index (χ3n) is 8.48. The molecule has 0 spiro atoms. The zero-order chi connectivity index (χ0) is 33.0. The molecule has 0 radical (unpaired) electrons. The Morgan fingerprint density at radius 3 is 2.63 bits per heavy atom. The van der Waals surface area contributed by atoms with Gasteiger partial charge < -0.3 is 15.0 Å². The molecule has 2 aliphatic heterocycles. The van der Waals surface area contributed by atoms with Gasteiger partial charge in [-0.15, -0.1) is 0 Å². The van der Waals surface area contributed by atoms with Crippen LogP contribution >= 0.6 is 11.3 Å². The van der Waals surface area contributed by atoms with E-state index in [1.807, 2.05) is 11.8 Å². The second-order valence-electron chi connectivity index (χ2n) is 11.6. The van der Waals surface area contributed by atoms with Crippen molar-refractivity contribution in [3.63, 3.8) is 0 Å². The van der Waals surface area contributed by atoms with Crippen molar-refractivity contribution in [2.75, 3.05) is 49.5 Å². The normalized spacial score (nSPS) is 19.5. The summed E-state index contributed by atoms with van der Waals surface area (Å²) in [4.78, 5) is 31.6. The summed E-state index contributed by atoms with van der Waals surface area (Å²) in [5.41, 5.74) is -0.909. The number of piperazine rings is 1. The van der Waals surface area contributed by atoms with E-state index in [-0.39, 0.29) is 52.5 Å². The van der Waals surface area contributed by atoms with Crippen LogP contribution in [0.5, 0.6) is 0 Å². The molecule has 9 nitrogen and oxygen atoms in total. The largest absolute Gasteiger partial charge is 0.466 e. The fraction of sp³-hybridized carbons (Fsp3) is 0.548. The molecule has 5 rings (SSSR count). The Hall–Kier alpha value is -3.43. The molecule has 1 aromatic carbocycles. The van der Waals surface area contributed by atoms with Gasteiger partial charge in [0.25, 0.3) is 0 Å². The number of halogens is 5. The molecule has 250 valence electrons. The summed E-state index contributed by atoms with van der Waals surface area (Å²) in [6.07, 6.45) is -0.507. The predicted molar refractivity (Wildman–Crippen MR) is 166 cm³/mol. The Morgan fingerprint density at radius 2 is 1.93 bits per heavy atom. The zero-order valence-corrected chi connectivity index (χ0v) is 26.9. The van der Waals surface area contributed by atoms with Gasteiger partial charge in [0.1, 0.15) is 12.1 Å². The summed E-state index contributed by atoms with van der Waals surface area (Å²) in [6, 6.07) is 2.58. The van der Waals surface area contributed by atoms with Crippen LogP contribution in [-0.2, 0) is 22.3 Å². The van der Waals surface area contributed by atoms with Gasteiger partial charge in [0.15, 0.2) is 16.8 Å². The summed E-state index contributed by atoms with van der Waals surface area (Å²) in [5.74, 6) is -1.96. The van der Waals surface area contributed by atoms with E-state index >= 15 is 4.39 Å². The molecule has 2 saturated heterocycles. The number of nitrogens with one attached hydrogen (secondary N) is 1. The predicted octanol–water partition coefficient (Wildman–Crippen LogP) is 6.48. The summed E-state index contributed by atoms with van der Waals surface area (Å²) in [5, 5.41) is 3.14. The maximum absolute atomic E-state index is 16.0. The number of hydrogen-bond acceptors (Lipinski definition) is 10. The van der Waals surface area contributed by atoms with Gasteiger partial charge in [-0.1, -0.05) is 18.3 Å². The van der Waals surface area contributed by atoms with Gasteiger partial charge in [-0.05, 0) is 57.9 Å². The molecular weight excluding hydrogens is 629 g/mol. The monoisotopic (exact) mass is 667 g/mol. The lowest BCUT2D eigenvalue weighted by molar-refractivity contribution is -0.143. The van der Waals surface area contributed by atoms with Crippen LogP contribution in [0, 0.1) is 11.6 Å². The molecule has 0 bridgehead atoms. The maximum atomic E-state index is 16.0. The number of alkyl halides is 3. The molecule has 0 amide bonds. The van der Waals surface area contributed by atoms with Crippen molar-refractivity contribution in [3.8, 4) is 11.3 Å². The van der Waals surface area contributed by atoms with Gasteiger partial charge in [0, 0.05) is 55.2 Å². The average Bonchev–Trinajstić information content (AvgIpc) is 3.61. The minimum atomic E-state index is -4.74. The standard InChI is InChI=1S/C31H38F5N7O2S/c1-4-23-16-41(10-8-25(44)45-5-2)11-12-43(23)29-26(33)28(37-18-38-29)40-30-39-27(24(46-30)17-42-9-6-7-19(42)3)20-13-21(31(34,35)36)15-22(32)14-20/h13-15,18-19,23H,4-12,16-17H2,1-3H3,(H,37,38,39,40)/t19-,23-/m1/s1. The lowest BCUT2D eigenvalue weighted by Crippen LogP contribution is -2.54. The number of anilines is 3. The number of carbonyl (C=O) groups is 1. The van der Waals surface area contributed by atoms with Gasteiger partial charge in [-0.25, -0.2) is 19.3 Å². The summed E-state index contributed by atoms with van der Waals surface area (Å²) >= 11 is 1.17. The fourth-order valence-corrected chi connectivity index (χ4v) is 7.03. The van der Waals surface area contributed by atoms with Crippen LogP contribution in [0.15, 0.2) is 24.5 Å². The lowest BCUT2D eigenvalue weighted by Gasteiger charge is -2.41. The summed E-state index contributed by atoms with van der Waals surface area (Å²) in [7, 11) is 0. The van der Waals surface area contributed by atoms with E-state index < -0.39 is 23.4 Å². The average molecular weight is 668 g/mol. The first-order chi connectivity index (χ1) is 22.0. The number of nitrogens with zero attached hydrogens (tertiary/aromatic N) is 6. The van der Waals surface area contributed by atoms with Crippen LogP contribution in [0.1, 0.15) is 56.9 Å². The molecule has 0 aliphatic carbocycles. The van der Waals surface area contributed by atoms with Gasteiger partial charge >= 0.3 is 12.1 Å². The quantitative estimate of drug-likeness (QED) is 0.183. The van der Waals surface area contributed by atoms with Crippen LogP contribution in [0.25, 0.3) is 11.3 Å². The van der Waals surface area contributed by atoms with Crippen LogP contribution < -0.4 is 10.2 Å². The Kier molecular flexibility index (Phi) is 10.7. The minimum absolute atomic E-state index is 0.00561. The highest BCUT2D eigenvalue weighted by atomic mass is 32.1. The van der Waals surface area contributed by atoms with Crippen molar-refractivity contribution in [1.29, 1.82) is 0 Å². The van der Waals surface area contributed by atoms with Crippen molar-refractivity contribution in [3.05, 3.63) is 46.6 Å². The third kappa shape index (κ3) is 7.92. The molecule has 0 unspecified atom stereocenters. The highest BCUT2D eigenvalue weighted by Crippen LogP contribution is 2.39. The van der Waals surface area contributed by atoms with Crippen molar-refractivity contribution in [2.24, 2.45) is 0 Å². The molecule has 1 N–H and O–H groups in total. The highest BCUT2D eigenvalue weighted by Gasteiger charge is 2.33. The van der Waals surface area contributed by atoms with Crippen LogP contribution in [0.3, 0.4) is 0 Å². The molecule has 2 fully saturated rings. The third-order valence-corrected chi connectivity index (χ3v) is 9.43. The number of carbonyl (C=O) groups excluding carboxylic acids is 1. The first-order valence-electron chi connectivity index (χ1n) is 15.5. The highest BCUT2D eigenvalue weighted by molar-refractivity contribution is 7.16. The first kappa shape index (κ1) is 33.9. The Bertz CT molecular complexity index is 1520. The second-order valence-corrected chi connectivity index (χ2v) is 12.7. The van der Waals surface area contributed by atoms with Crippen LogP contribution in [-0.4, -0.2) is 82.1 Å². The number of benzene rings is 1. The van der Waals surface area contributed by atoms with Crippen LogP contribution in [0.4, 0.5) is 38.7 Å². The fourth-order valence-electron chi connectivity index (χ4n) is 6.02. The van der Waals surface area contributed by atoms with E-state index in [1.165, 1.54) is 17.7 Å². The van der Waals surface area contributed by atoms with Crippen molar-refractivity contribution >= 4 is 34.1 Å². The van der Waals surface area contributed by atoms with E-state index in [2.05, 4.69) is 37.0 Å². The van der Waals surface area contributed by atoms with E-state index in [0.29, 0.717) is 56.7 Å². The molecule has 15 heteroatoms. The van der Waals surface area contributed by atoms with E-state index in [9.17, 15) is 22.4 Å². The van der Waals surface area contributed by atoms with Crippen molar-refractivity contribution in [2.45, 2.75) is 71.3 Å². The van der Waals surface area contributed by atoms with E-state index in [1.54, 1.807) is 6.92 Å². The van der Waals surface area contributed by atoms with Crippen molar-refractivity contribution in [1.82, 2.24) is 24.8 Å². The number of thiazole rings is 1. The van der Waals surface area contributed by atoms with Gasteiger partial charge in [-0.2, -0.15) is 17.6 Å². The molecule has 0 saturated carbocycles. The summed E-state index contributed by atoms with van der Waals surface area (Å²) in [6.45, 7) is 9.65. The SMILES string of the molecule is CCOC(=O)CCN1CCN(c2ncnc(Nc3nc(-c4cc(F)cc(C(F)(F)F)c4)c(CN4CCC[C@H]4C)s3)c2F)[C@H](CC)C1. The molecular formula is C31H38F5N7O2S. The van der Waals surface area contributed by atoms with Gasteiger partial charge in [0.2, 0.25) is 5.82 Å². The molecule has 46 heavy (non-hydrogen) atoms. The minimum Gasteiger partial charge on any atom is -0.466 e. The van der Waals surface area contributed by atoms with Gasteiger partial charge in [-0.3, -0.25) is 14.6 Å². The Balaban J connectivity index is 1.40. The number of hydrogen-bond donors (Lipinski definition) is 1. The summed E-state index contributed by atoms with van der Waals surface area (Å²) < 4.78 is 76.2. The lowest BCUT2D eigenvalue weighted by atomic mass is 10.1. The molecule has 2 aromatic heterocycles. The smallest absolute Gasteiger partial charge is 0.416 e. The first-order valence-corrected chi connectivity index (χ1v) is 16.3. The number of esters is 1. The Morgan fingerprint density at radius 1 is 1.13 bits per heavy atom. The number of rotatable bonds is 11.